The van der Waals surface area contributed by atoms with E-state index in [0.29, 0.717) is 41.0 Å². The van der Waals surface area contributed by atoms with Crippen molar-refractivity contribution in [1.29, 1.82) is 0 Å². The molecule has 0 aliphatic carbocycles. The first-order chi connectivity index (χ1) is 19.9. The summed E-state index contributed by atoms with van der Waals surface area (Å²) in [5.41, 5.74) is 4.04. The van der Waals surface area contributed by atoms with E-state index in [-0.39, 0.29) is 30.8 Å². The van der Waals surface area contributed by atoms with E-state index in [1.165, 1.54) is 0 Å². The lowest BCUT2D eigenvalue weighted by Crippen LogP contribution is -2.35. The quantitative estimate of drug-likeness (QED) is 0.225. The number of methoxy groups -OCH3 is 1. The largest absolute Gasteiger partial charge is 0.497 e. The molecule has 4 rings (SSSR count). The monoisotopic (exact) mass is 550 g/mol. The first kappa shape index (κ1) is 29.1. The number of benzene rings is 4. The van der Waals surface area contributed by atoms with Crippen molar-refractivity contribution in [3.05, 3.63) is 125 Å². The van der Waals surface area contributed by atoms with Gasteiger partial charge in [-0.3, -0.25) is 14.4 Å². The number of rotatable bonds is 12. The molecule has 0 aliphatic rings. The number of amides is 2. The van der Waals surface area contributed by atoms with Crippen LogP contribution in [-0.2, 0) is 11.2 Å². The minimum absolute atomic E-state index is 0.0587. The summed E-state index contributed by atoms with van der Waals surface area (Å²) in [5, 5.41) is 12.4. The fourth-order valence-corrected chi connectivity index (χ4v) is 4.73. The summed E-state index contributed by atoms with van der Waals surface area (Å²) in [6, 6.07) is 31.4. The summed E-state index contributed by atoms with van der Waals surface area (Å²) in [7, 11) is 1.60. The van der Waals surface area contributed by atoms with E-state index in [9.17, 15) is 19.5 Å². The number of nitrogens with zero attached hydrogens (tertiary/aromatic N) is 1. The van der Waals surface area contributed by atoms with Crippen molar-refractivity contribution in [3.8, 4) is 16.9 Å². The molecule has 0 spiro atoms. The summed E-state index contributed by atoms with van der Waals surface area (Å²) < 4.78 is 5.31. The zero-order valence-electron chi connectivity index (χ0n) is 23.2. The van der Waals surface area contributed by atoms with Gasteiger partial charge in [0.15, 0.2) is 0 Å². The van der Waals surface area contributed by atoms with Gasteiger partial charge in [0.05, 0.1) is 19.6 Å². The lowest BCUT2D eigenvalue weighted by Gasteiger charge is -2.24. The van der Waals surface area contributed by atoms with Crippen molar-refractivity contribution >= 4 is 17.8 Å². The van der Waals surface area contributed by atoms with E-state index in [1.54, 1.807) is 36.3 Å². The molecule has 0 fully saturated rings. The predicted octanol–water partition coefficient (Wildman–Crippen LogP) is 6.01. The van der Waals surface area contributed by atoms with Crippen molar-refractivity contribution in [1.82, 2.24) is 10.2 Å². The van der Waals surface area contributed by atoms with Crippen LogP contribution in [0.5, 0.6) is 5.75 Å². The summed E-state index contributed by atoms with van der Waals surface area (Å²) in [5.74, 6) is -0.808. The Balaban J connectivity index is 1.62. The van der Waals surface area contributed by atoms with E-state index in [4.69, 9.17) is 4.74 Å². The first-order valence-electron chi connectivity index (χ1n) is 13.6. The number of carbonyl (C=O) groups is 3. The van der Waals surface area contributed by atoms with Crippen LogP contribution in [-0.4, -0.2) is 48.0 Å². The maximum atomic E-state index is 13.9. The smallest absolute Gasteiger partial charge is 0.305 e. The second-order valence-electron chi connectivity index (χ2n) is 9.73. The van der Waals surface area contributed by atoms with Crippen molar-refractivity contribution < 1.29 is 24.2 Å². The van der Waals surface area contributed by atoms with Gasteiger partial charge in [0, 0.05) is 24.2 Å². The minimum atomic E-state index is -0.980. The molecule has 0 radical (unpaired) electrons. The Morgan fingerprint density at radius 3 is 2.12 bits per heavy atom. The number of ether oxygens (including phenoxy) is 1. The number of nitrogens with one attached hydrogen (secondary N) is 1. The minimum Gasteiger partial charge on any atom is -0.497 e. The zero-order chi connectivity index (χ0) is 29.2. The molecule has 7 heteroatoms. The number of carboxylic acids is 1. The molecule has 1 atom stereocenters. The van der Waals surface area contributed by atoms with Crippen LogP contribution in [0.15, 0.2) is 103 Å². The molecule has 0 aliphatic heterocycles. The van der Waals surface area contributed by atoms with Crippen LogP contribution < -0.4 is 10.1 Å². The molecule has 4 aromatic carbocycles. The van der Waals surface area contributed by atoms with Crippen molar-refractivity contribution in [2.75, 3.05) is 20.2 Å². The van der Waals surface area contributed by atoms with Crippen LogP contribution in [0.1, 0.15) is 51.2 Å². The van der Waals surface area contributed by atoms with Crippen LogP contribution in [0.3, 0.4) is 0 Å². The first-order valence-corrected chi connectivity index (χ1v) is 13.6. The number of carboxylic acid groups (broad SMARTS) is 1. The highest BCUT2D eigenvalue weighted by Gasteiger charge is 2.23. The molecule has 7 nitrogen and oxygen atoms in total. The maximum absolute atomic E-state index is 13.9. The lowest BCUT2D eigenvalue weighted by atomic mass is 9.94. The van der Waals surface area contributed by atoms with Crippen molar-refractivity contribution in [2.45, 2.75) is 25.8 Å². The fourth-order valence-electron chi connectivity index (χ4n) is 4.73. The highest BCUT2D eigenvalue weighted by atomic mass is 16.5. The Labute approximate surface area is 240 Å². The fraction of sp³-hybridized carbons (Fsp3) is 0.206. The third kappa shape index (κ3) is 7.60. The molecule has 0 bridgehead atoms. The van der Waals surface area contributed by atoms with E-state index in [0.717, 1.165) is 11.1 Å². The Kier molecular flexibility index (Phi) is 9.89. The van der Waals surface area contributed by atoms with Crippen molar-refractivity contribution in [2.24, 2.45) is 0 Å². The molecule has 0 saturated heterocycles. The van der Waals surface area contributed by atoms with E-state index >= 15 is 0 Å². The second kappa shape index (κ2) is 13.9. The van der Waals surface area contributed by atoms with Gasteiger partial charge in [-0.25, -0.2) is 0 Å². The summed E-state index contributed by atoms with van der Waals surface area (Å²) in [4.78, 5) is 40.4. The standard InChI is InChI=1S/C34H34N2O5/c1-24(26-12-4-3-5-13-26)35-33(39)30-17-8-6-15-28(30)29-16-7-9-18-31(29)34(40)36(22-20-32(37)38)21-19-25-11-10-14-27(23-25)41-2/h3-18,23-24H,19-22H2,1-2H3,(H,35,39)(H,37,38). The van der Waals surface area contributed by atoms with Crippen molar-refractivity contribution in [3.63, 3.8) is 0 Å². The Bertz CT molecular complexity index is 1500. The molecule has 0 saturated carbocycles. The molecule has 41 heavy (non-hydrogen) atoms. The number of aliphatic carboxylic acids is 1. The maximum Gasteiger partial charge on any atom is 0.305 e. The second-order valence-corrected chi connectivity index (χ2v) is 9.73. The summed E-state index contributed by atoms with van der Waals surface area (Å²) in [6.07, 6.45) is 0.351. The third-order valence-corrected chi connectivity index (χ3v) is 6.95. The van der Waals surface area contributed by atoms with Crippen LogP contribution in [0.25, 0.3) is 11.1 Å². The Morgan fingerprint density at radius 2 is 1.44 bits per heavy atom. The van der Waals surface area contributed by atoms with Gasteiger partial charge in [-0.15, -0.1) is 0 Å². The number of carbonyl (C=O) groups excluding carboxylic acids is 2. The lowest BCUT2D eigenvalue weighted by molar-refractivity contribution is -0.137. The van der Waals surface area contributed by atoms with E-state index < -0.39 is 5.97 Å². The SMILES string of the molecule is COc1cccc(CCN(CCC(=O)O)C(=O)c2ccccc2-c2ccccc2C(=O)NC(C)c2ccccc2)c1. The number of hydrogen-bond donors (Lipinski definition) is 2. The molecule has 2 amide bonds. The summed E-state index contributed by atoms with van der Waals surface area (Å²) >= 11 is 0. The Hall–Kier alpha value is -4.91. The highest BCUT2D eigenvalue weighted by molar-refractivity contribution is 6.06. The van der Waals surface area contributed by atoms with E-state index in [1.807, 2.05) is 85.8 Å². The van der Waals surface area contributed by atoms with Gasteiger partial charge in [-0.2, -0.15) is 0 Å². The molecule has 1 unspecified atom stereocenters. The molecular formula is C34H34N2O5. The van der Waals surface area contributed by atoms with Crippen LogP contribution >= 0.6 is 0 Å². The summed E-state index contributed by atoms with van der Waals surface area (Å²) in [6.45, 7) is 2.31. The average molecular weight is 551 g/mol. The highest BCUT2D eigenvalue weighted by Crippen LogP contribution is 2.29. The predicted molar refractivity (Wildman–Crippen MR) is 159 cm³/mol. The molecule has 0 aromatic heterocycles. The van der Waals surface area contributed by atoms with Crippen LogP contribution in [0.4, 0.5) is 0 Å². The van der Waals surface area contributed by atoms with Gasteiger partial charge in [0.1, 0.15) is 5.75 Å². The van der Waals surface area contributed by atoms with Gasteiger partial charge in [-0.05, 0) is 59.9 Å². The molecule has 210 valence electrons. The zero-order valence-corrected chi connectivity index (χ0v) is 23.2. The van der Waals surface area contributed by atoms with Gasteiger partial charge in [0.2, 0.25) is 0 Å². The topological polar surface area (TPSA) is 95.9 Å². The Morgan fingerprint density at radius 1 is 0.805 bits per heavy atom. The van der Waals surface area contributed by atoms with Gasteiger partial charge in [0.25, 0.3) is 11.8 Å². The van der Waals surface area contributed by atoms with E-state index in [2.05, 4.69) is 5.32 Å². The number of hydrogen-bond acceptors (Lipinski definition) is 4. The van der Waals surface area contributed by atoms with Crippen LogP contribution in [0, 0.1) is 0 Å². The van der Waals surface area contributed by atoms with Gasteiger partial charge in [-0.1, -0.05) is 78.9 Å². The third-order valence-electron chi connectivity index (χ3n) is 6.95. The molecule has 0 heterocycles. The molecule has 4 aromatic rings. The van der Waals surface area contributed by atoms with Gasteiger partial charge >= 0.3 is 5.97 Å². The molecule has 2 N–H and O–H groups in total. The van der Waals surface area contributed by atoms with Crippen LogP contribution in [0.2, 0.25) is 0 Å². The normalized spacial score (nSPS) is 11.4. The van der Waals surface area contributed by atoms with Gasteiger partial charge < -0.3 is 20.1 Å². The molecular weight excluding hydrogens is 516 g/mol. The average Bonchev–Trinajstić information content (AvgIpc) is 3.01.